The minimum Gasteiger partial charge on any atom is -0.352 e. The van der Waals surface area contributed by atoms with Crippen molar-refractivity contribution >= 4 is 17.5 Å². The van der Waals surface area contributed by atoms with Gasteiger partial charge in [0.15, 0.2) is 0 Å². The van der Waals surface area contributed by atoms with Crippen LogP contribution in [0.1, 0.15) is 23.7 Å². The average Bonchev–Trinajstić information content (AvgIpc) is 2.92. The third-order valence-electron chi connectivity index (χ3n) is 2.80. The molecule has 0 aliphatic heterocycles. The summed E-state index contributed by atoms with van der Waals surface area (Å²) in [4.78, 5) is 15.5. The normalized spacial score (nSPS) is 23.6. The van der Waals surface area contributed by atoms with Crippen LogP contribution in [0.5, 0.6) is 0 Å². The topological polar surface area (TPSA) is 42.0 Å². The number of carbonyl (C=O) groups is 1. The molecule has 0 radical (unpaired) electrons. The van der Waals surface area contributed by atoms with Crippen molar-refractivity contribution in [3.05, 3.63) is 29.0 Å². The summed E-state index contributed by atoms with van der Waals surface area (Å²) in [7, 11) is 0. The van der Waals surface area contributed by atoms with Crippen molar-refractivity contribution in [2.45, 2.75) is 13.3 Å². The van der Waals surface area contributed by atoms with Crippen molar-refractivity contribution in [2.75, 3.05) is 6.54 Å². The maximum absolute atomic E-state index is 11.7. The Bertz CT molecular complexity index is 381. The molecule has 2 rings (SSSR count). The molecule has 0 spiro atoms. The Kier molecular flexibility index (Phi) is 2.91. The number of nitrogens with zero attached hydrogens (tertiary/aromatic N) is 1. The predicted octanol–water partition coefficient (Wildman–Crippen LogP) is 2.12. The number of hydrogen-bond acceptors (Lipinski definition) is 2. The van der Waals surface area contributed by atoms with Crippen molar-refractivity contribution in [3.63, 3.8) is 0 Å². The highest BCUT2D eigenvalue weighted by atomic mass is 35.5. The molecule has 1 amide bonds. The molecule has 80 valence electrons. The van der Waals surface area contributed by atoms with E-state index >= 15 is 0 Å². The Morgan fingerprint density at radius 1 is 1.73 bits per heavy atom. The summed E-state index contributed by atoms with van der Waals surface area (Å²) in [6.07, 6.45) is 2.78. The van der Waals surface area contributed by atoms with E-state index in [1.165, 1.54) is 6.42 Å². The first-order valence-corrected chi connectivity index (χ1v) is 5.45. The zero-order chi connectivity index (χ0) is 10.8. The van der Waals surface area contributed by atoms with E-state index in [9.17, 15) is 4.79 Å². The molecule has 0 aromatic carbocycles. The van der Waals surface area contributed by atoms with E-state index in [1.807, 2.05) is 0 Å². The van der Waals surface area contributed by atoms with E-state index in [4.69, 9.17) is 11.6 Å². The summed E-state index contributed by atoms with van der Waals surface area (Å²) in [5.41, 5.74) is 0.451. The zero-order valence-corrected chi connectivity index (χ0v) is 9.29. The number of hydrogen-bond donors (Lipinski definition) is 1. The van der Waals surface area contributed by atoms with Crippen LogP contribution in [0.4, 0.5) is 0 Å². The molecular formula is C11H13ClN2O. The van der Waals surface area contributed by atoms with Crippen LogP contribution in [-0.2, 0) is 0 Å². The third-order valence-corrected chi connectivity index (χ3v) is 3.11. The lowest BCUT2D eigenvalue weighted by Crippen LogP contribution is -2.26. The molecule has 0 bridgehead atoms. The van der Waals surface area contributed by atoms with Crippen LogP contribution in [0.3, 0.4) is 0 Å². The standard InChI is InChI=1S/C11H13ClN2O/c1-7-5-8(7)6-14-11(15)9-3-2-4-13-10(9)12/h2-4,7-8H,5-6H2,1H3,(H,14,15). The minimum absolute atomic E-state index is 0.132. The largest absolute Gasteiger partial charge is 0.352 e. The van der Waals surface area contributed by atoms with E-state index < -0.39 is 0 Å². The first-order chi connectivity index (χ1) is 7.18. The number of pyridine rings is 1. The molecule has 3 nitrogen and oxygen atoms in total. The molecule has 1 heterocycles. The number of carbonyl (C=O) groups excluding carboxylic acids is 1. The molecular weight excluding hydrogens is 212 g/mol. The van der Waals surface area contributed by atoms with Crippen molar-refractivity contribution < 1.29 is 4.79 Å². The van der Waals surface area contributed by atoms with Crippen LogP contribution in [0, 0.1) is 11.8 Å². The van der Waals surface area contributed by atoms with E-state index in [0.717, 1.165) is 12.5 Å². The summed E-state index contributed by atoms with van der Waals surface area (Å²) in [5, 5.41) is 3.13. The van der Waals surface area contributed by atoms with Gasteiger partial charge in [-0.2, -0.15) is 0 Å². The van der Waals surface area contributed by atoms with Gasteiger partial charge in [-0.3, -0.25) is 4.79 Å². The lowest BCUT2D eigenvalue weighted by Gasteiger charge is -2.04. The number of amides is 1. The number of rotatable bonds is 3. The molecule has 1 N–H and O–H groups in total. The molecule has 1 fully saturated rings. The van der Waals surface area contributed by atoms with Crippen LogP contribution >= 0.6 is 11.6 Å². The average molecular weight is 225 g/mol. The quantitative estimate of drug-likeness (QED) is 0.800. The van der Waals surface area contributed by atoms with Gasteiger partial charge in [-0.25, -0.2) is 4.98 Å². The number of nitrogens with one attached hydrogen (secondary N) is 1. The Balaban J connectivity index is 1.93. The lowest BCUT2D eigenvalue weighted by molar-refractivity contribution is 0.0951. The highest BCUT2D eigenvalue weighted by Gasteiger charge is 2.32. The summed E-state index contributed by atoms with van der Waals surface area (Å²) in [5.74, 6) is 1.26. The van der Waals surface area contributed by atoms with Crippen LogP contribution in [-0.4, -0.2) is 17.4 Å². The van der Waals surface area contributed by atoms with Crippen molar-refractivity contribution in [1.82, 2.24) is 10.3 Å². The van der Waals surface area contributed by atoms with Gasteiger partial charge in [0.1, 0.15) is 5.15 Å². The Morgan fingerprint density at radius 3 is 3.07 bits per heavy atom. The Labute approximate surface area is 93.8 Å². The molecule has 1 aliphatic carbocycles. The van der Waals surface area contributed by atoms with Crippen LogP contribution in [0.15, 0.2) is 18.3 Å². The highest BCUT2D eigenvalue weighted by Crippen LogP contribution is 2.36. The van der Waals surface area contributed by atoms with Crippen molar-refractivity contribution in [3.8, 4) is 0 Å². The van der Waals surface area contributed by atoms with Gasteiger partial charge in [0.25, 0.3) is 5.91 Å². The fourth-order valence-electron chi connectivity index (χ4n) is 1.56. The Morgan fingerprint density at radius 2 is 2.47 bits per heavy atom. The molecule has 2 unspecified atom stereocenters. The number of halogens is 1. The molecule has 1 saturated carbocycles. The molecule has 4 heteroatoms. The van der Waals surface area contributed by atoms with Crippen LogP contribution in [0.2, 0.25) is 5.15 Å². The van der Waals surface area contributed by atoms with Gasteiger partial charge in [0, 0.05) is 12.7 Å². The second-order valence-electron chi connectivity index (χ2n) is 4.02. The first kappa shape index (κ1) is 10.4. The summed E-state index contributed by atoms with van der Waals surface area (Å²) < 4.78 is 0. The molecule has 1 aliphatic rings. The third kappa shape index (κ3) is 2.48. The van der Waals surface area contributed by atoms with Gasteiger partial charge >= 0.3 is 0 Å². The fourth-order valence-corrected chi connectivity index (χ4v) is 1.76. The molecule has 2 atom stereocenters. The van der Waals surface area contributed by atoms with Crippen molar-refractivity contribution in [1.29, 1.82) is 0 Å². The molecule has 15 heavy (non-hydrogen) atoms. The summed E-state index contributed by atoms with van der Waals surface area (Å²) >= 11 is 5.81. The van der Waals surface area contributed by atoms with E-state index in [-0.39, 0.29) is 11.1 Å². The first-order valence-electron chi connectivity index (χ1n) is 5.07. The minimum atomic E-state index is -0.132. The second kappa shape index (κ2) is 4.19. The molecule has 1 aromatic heterocycles. The maximum Gasteiger partial charge on any atom is 0.254 e. The summed E-state index contributed by atoms with van der Waals surface area (Å²) in [6, 6.07) is 3.39. The maximum atomic E-state index is 11.7. The van der Waals surface area contributed by atoms with Gasteiger partial charge in [-0.1, -0.05) is 18.5 Å². The predicted molar refractivity (Wildman–Crippen MR) is 58.9 cm³/mol. The SMILES string of the molecule is CC1CC1CNC(=O)c1cccnc1Cl. The van der Waals surface area contributed by atoms with E-state index in [0.29, 0.717) is 11.5 Å². The monoisotopic (exact) mass is 224 g/mol. The second-order valence-corrected chi connectivity index (χ2v) is 4.38. The fraction of sp³-hybridized carbons (Fsp3) is 0.455. The van der Waals surface area contributed by atoms with Crippen LogP contribution in [0.25, 0.3) is 0 Å². The van der Waals surface area contributed by atoms with Gasteiger partial charge in [0.2, 0.25) is 0 Å². The summed E-state index contributed by atoms with van der Waals surface area (Å²) in [6.45, 7) is 2.93. The van der Waals surface area contributed by atoms with Crippen LogP contribution < -0.4 is 5.32 Å². The zero-order valence-electron chi connectivity index (χ0n) is 8.53. The Hall–Kier alpha value is -1.09. The van der Waals surface area contributed by atoms with Gasteiger partial charge in [0.05, 0.1) is 5.56 Å². The molecule has 0 saturated heterocycles. The van der Waals surface area contributed by atoms with Gasteiger partial charge < -0.3 is 5.32 Å². The van der Waals surface area contributed by atoms with E-state index in [2.05, 4.69) is 17.2 Å². The lowest BCUT2D eigenvalue weighted by atomic mass is 10.2. The molecule has 1 aromatic rings. The highest BCUT2D eigenvalue weighted by molar-refractivity contribution is 6.32. The van der Waals surface area contributed by atoms with Crippen molar-refractivity contribution in [2.24, 2.45) is 11.8 Å². The number of aromatic nitrogens is 1. The smallest absolute Gasteiger partial charge is 0.254 e. The van der Waals surface area contributed by atoms with Gasteiger partial charge in [-0.15, -0.1) is 0 Å². The van der Waals surface area contributed by atoms with E-state index in [1.54, 1.807) is 18.3 Å². The van der Waals surface area contributed by atoms with Gasteiger partial charge in [-0.05, 0) is 30.4 Å².